The van der Waals surface area contributed by atoms with Gasteiger partial charge in [0.25, 0.3) is 0 Å². The Morgan fingerprint density at radius 1 is 1.47 bits per heavy atom. The molecule has 0 radical (unpaired) electrons. The second-order valence-corrected chi connectivity index (χ2v) is 3.30. The lowest BCUT2D eigenvalue weighted by Gasteiger charge is -2.11. The van der Waals surface area contributed by atoms with Crippen molar-refractivity contribution in [2.45, 2.75) is 6.04 Å². The average Bonchev–Trinajstić information content (AvgIpc) is 2.26. The standard InChI is InChI=1S/C10H12ClNO3/c1-14-8-4-3-6(5-7(8)11)9(12)10(13)15-2/h3-5,9H,12H2,1-2H3. The molecule has 1 aromatic carbocycles. The van der Waals surface area contributed by atoms with E-state index < -0.39 is 12.0 Å². The van der Waals surface area contributed by atoms with Crippen LogP contribution in [0.15, 0.2) is 18.2 Å². The van der Waals surface area contributed by atoms with Crippen molar-refractivity contribution in [1.29, 1.82) is 0 Å². The van der Waals surface area contributed by atoms with E-state index in [1.54, 1.807) is 18.2 Å². The summed E-state index contributed by atoms with van der Waals surface area (Å²) in [6.45, 7) is 0. The Hall–Kier alpha value is -1.26. The Balaban J connectivity index is 2.97. The number of halogens is 1. The van der Waals surface area contributed by atoms with Crippen LogP contribution in [0, 0.1) is 0 Å². The maximum atomic E-state index is 11.2. The van der Waals surface area contributed by atoms with Crippen LogP contribution in [-0.4, -0.2) is 20.2 Å². The number of esters is 1. The number of hydrogen-bond donors (Lipinski definition) is 1. The molecule has 0 saturated heterocycles. The van der Waals surface area contributed by atoms with Crippen molar-refractivity contribution < 1.29 is 14.3 Å². The fourth-order valence-corrected chi connectivity index (χ4v) is 1.41. The summed E-state index contributed by atoms with van der Waals surface area (Å²) >= 11 is 5.89. The first kappa shape index (κ1) is 11.8. The second kappa shape index (κ2) is 5.00. The Morgan fingerprint density at radius 2 is 2.13 bits per heavy atom. The zero-order chi connectivity index (χ0) is 11.4. The number of rotatable bonds is 3. The minimum absolute atomic E-state index is 0.411. The highest BCUT2D eigenvalue weighted by Crippen LogP contribution is 2.27. The van der Waals surface area contributed by atoms with Gasteiger partial charge in [0.05, 0.1) is 19.2 Å². The minimum atomic E-state index is -0.821. The summed E-state index contributed by atoms with van der Waals surface area (Å²) in [6, 6.07) is 4.09. The van der Waals surface area contributed by atoms with Crippen molar-refractivity contribution in [3.63, 3.8) is 0 Å². The average molecular weight is 230 g/mol. The molecule has 0 aliphatic heterocycles. The van der Waals surface area contributed by atoms with Gasteiger partial charge >= 0.3 is 5.97 Å². The van der Waals surface area contributed by atoms with Crippen molar-refractivity contribution in [2.24, 2.45) is 5.73 Å². The van der Waals surface area contributed by atoms with Crippen LogP contribution in [0.5, 0.6) is 5.75 Å². The molecule has 82 valence electrons. The monoisotopic (exact) mass is 229 g/mol. The van der Waals surface area contributed by atoms with Gasteiger partial charge in [-0.3, -0.25) is 4.79 Å². The largest absolute Gasteiger partial charge is 0.495 e. The van der Waals surface area contributed by atoms with Gasteiger partial charge < -0.3 is 15.2 Å². The third-order valence-corrected chi connectivity index (χ3v) is 2.29. The molecule has 1 atom stereocenters. The van der Waals surface area contributed by atoms with Crippen LogP contribution in [0.3, 0.4) is 0 Å². The molecule has 15 heavy (non-hydrogen) atoms. The maximum absolute atomic E-state index is 11.2. The molecular formula is C10H12ClNO3. The molecule has 0 saturated carbocycles. The Bertz CT molecular complexity index is 368. The van der Waals surface area contributed by atoms with E-state index in [0.717, 1.165) is 0 Å². The van der Waals surface area contributed by atoms with Crippen LogP contribution in [0.1, 0.15) is 11.6 Å². The number of carbonyl (C=O) groups excluding carboxylic acids is 1. The van der Waals surface area contributed by atoms with Crippen molar-refractivity contribution >= 4 is 17.6 Å². The van der Waals surface area contributed by atoms with Gasteiger partial charge in [-0.2, -0.15) is 0 Å². The lowest BCUT2D eigenvalue weighted by Crippen LogP contribution is -2.22. The lowest BCUT2D eigenvalue weighted by molar-refractivity contribution is -0.142. The molecule has 1 aromatic rings. The summed E-state index contributed by atoms with van der Waals surface area (Å²) in [5.74, 6) is 0.0358. The van der Waals surface area contributed by atoms with Crippen molar-refractivity contribution in [3.8, 4) is 5.75 Å². The van der Waals surface area contributed by atoms with E-state index in [1.165, 1.54) is 14.2 Å². The highest BCUT2D eigenvalue weighted by Gasteiger charge is 2.17. The maximum Gasteiger partial charge on any atom is 0.327 e. The van der Waals surface area contributed by atoms with E-state index in [4.69, 9.17) is 22.1 Å². The van der Waals surface area contributed by atoms with Gasteiger partial charge in [-0.05, 0) is 17.7 Å². The van der Waals surface area contributed by atoms with Crippen LogP contribution in [0.25, 0.3) is 0 Å². The molecule has 0 fully saturated rings. The zero-order valence-electron chi connectivity index (χ0n) is 8.49. The Labute approximate surface area is 92.9 Å². The van der Waals surface area contributed by atoms with Crippen LogP contribution >= 0.6 is 11.6 Å². The van der Waals surface area contributed by atoms with Gasteiger partial charge in [-0.1, -0.05) is 17.7 Å². The van der Waals surface area contributed by atoms with E-state index in [-0.39, 0.29) is 0 Å². The first-order valence-electron chi connectivity index (χ1n) is 4.27. The molecule has 4 nitrogen and oxygen atoms in total. The third kappa shape index (κ3) is 2.61. The predicted octanol–water partition coefficient (Wildman–Crippen LogP) is 1.52. The number of nitrogens with two attached hydrogens (primary N) is 1. The fourth-order valence-electron chi connectivity index (χ4n) is 1.14. The van der Waals surface area contributed by atoms with Gasteiger partial charge in [0.1, 0.15) is 11.8 Å². The molecule has 0 amide bonds. The molecule has 1 rings (SSSR count). The lowest BCUT2D eigenvalue weighted by atomic mass is 10.1. The molecule has 0 heterocycles. The molecule has 0 spiro atoms. The highest BCUT2D eigenvalue weighted by molar-refractivity contribution is 6.32. The third-order valence-electron chi connectivity index (χ3n) is 1.99. The number of benzene rings is 1. The van der Waals surface area contributed by atoms with Crippen LogP contribution in [-0.2, 0) is 9.53 Å². The topological polar surface area (TPSA) is 61.5 Å². The number of ether oxygens (including phenoxy) is 2. The summed E-state index contributed by atoms with van der Waals surface area (Å²) in [5.41, 5.74) is 6.23. The SMILES string of the molecule is COC(=O)C(N)c1ccc(OC)c(Cl)c1. The summed E-state index contributed by atoms with van der Waals surface area (Å²) in [6.07, 6.45) is 0. The molecule has 2 N–H and O–H groups in total. The number of methoxy groups -OCH3 is 2. The first-order chi connectivity index (χ1) is 7.10. The predicted molar refractivity (Wildman–Crippen MR) is 56.9 cm³/mol. The molecule has 1 unspecified atom stereocenters. The van der Waals surface area contributed by atoms with E-state index in [9.17, 15) is 4.79 Å². The molecule has 0 aliphatic carbocycles. The fraction of sp³-hybridized carbons (Fsp3) is 0.300. The van der Waals surface area contributed by atoms with E-state index >= 15 is 0 Å². The second-order valence-electron chi connectivity index (χ2n) is 2.89. The summed E-state index contributed by atoms with van der Waals surface area (Å²) in [7, 11) is 2.80. The minimum Gasteiger partial charge on any atom is -0.495 e. The van der Waals surface area contributed by atoms with E-state index in [1.807, 2.05) is 0 Å². The van der Waals surface area contributed by atoms with Gasteiger partial charge in [0.15, 0.2) is 0 Å². The van der Waals surface area contributed by atoms with Gasteiger partial charge in [0, 0.05) is 0 Å². The molecule has 0 bridgehead atoms. The van der Waals surface area contributed by atoms with Crippen molar-refractivity contribution in [2.75, 3.05) is 14.2 Å². The van der Waals surface area contributed by atoms with Crippen LogP contribution < -0.4 is 10.5 Å². The van der Waals surface area contributed by atoms with Crippen molar-refractivity contribution in [1.82, 2.24) is 0 Å². The quantitative estimate of drug-likeness (QED) is 0.799. The van der Waals surface area contributed by atoms with Gasteiger partial charge in [-0.15, -0.1) is 0 Å². The van der Waals surface area contributed by atoms with E-state index in [0.29, 0.717) is 16.3 Å². The number of carbonyl (C=O) groups is 1. The highest BCUT2D eigenvalue weighted by atomic mass is 35.5. The van der Waals surface area contributed by atoms with Crippen molar-refractivity contribution in [3.05, 3.63) is 28.8 Å². The summed E-state index contributed by atoms with van der Waals surface area (Å²) in [5, 5.41) is 0.411. The molecule has 0 aliphatic rings. The first-order valence-corrected chi connectivity index (χ1v) is 4.64. The normalized spacial score (nSPS) is 12.0. The van der Waals surface area contributed by atoms with Gasteiger partial charge in [-0.25, -0.2) is 0 Å². The molecule has 5 heteroatoms. The van der Waals surface area contributed by atoms with Crippen LogP contribution in [0.4, 0.5) is 0 Å². The van der Waals surface area contributed by atoms with E-state index in [2.05, 4.69) is 4.74 Å². The summed E-state index contributed by atoms with van der Waals surface area (Å²) < 4.78 is 9.50. The Morgan fingerprint density at radius 3 is 2.60 bits per heavy atom. The van der Waals surface area contributed by atoms with Gasteiger partial charge in [0.2, 0.25) is 0 Å². The molecule has 0 aromatic heterocycles. The number of hydrogen-bond acceptors (Lipinski definition) is 4. The molecular weight excluding hydrogens is 218 g/mol. The summed E-state index contributed by atoms with van der Waals surface area (Å²) in [4.78, 5) is 11.2. The smallest absolute Gasteiger partial charge is 0.327 e. The Kier molecular flexibility index (Phi) is 3.94. The zero-order valence-corrected chi connectivity index (χ0v) is 9.25. The van der Waals surface area contributed by atoms with Crippen LogP contribution in [0.2, 0.25) is 5.02 Å².